The van der Waals surface area contributed by atoms with Crippen LogP contribution in [0.1, 0.15) is 35.8 Å². The Labute approximate surface area is 163 Å². The van der Waals surface area contributed by atoms with Gasteiger partial charge < -0.3 is 5.11 Å². The third kappa shape index (κ3) is 3.80. The van der Waals surface area contributed by atoms with Crippen LogP contribution in [0.2, 0.25) is 0 Å². The van der Waals surface area contributed by atoms with Crippen LogP contribution >= 0.6 is 11.3 Å². The fraction of sp³-hybridized carbons (Fsp3) is 0.333. The minimum atomic E-state index is -3.67. The van der Waals surface area contributed by atoms with Crippen LogP contribution in [0.15, 0.2) is 53.4 Å². The molecule has 1 atom stereocenters. The molecule has 4 rings (SSSR count). The molecule has 2 N–H and O–H groups in total. The first kappa shape index (κ1) is 18.6. The number of aliphatic hydroxyl groups is 1. The minimum absolute atomic E-state index is 0.0702. The third-order valence-electron chi connectivity index (χ3n) is 5.19. The summed E-state index contributed by atoms with van der Waals surface area (Å²) in [5.74, 6) is 0. The summed E-state index contributed by atoms with van der Waals surface area (Å²) in [6.45, 7) is 1.58. The van der Waals surface area contributed by atoms with Crippen LogP contribution in [-0.2, 0) is 28.5 Å². The first-order valence-corrected chi connectivity index (χ1v) is 11.5. The Morgan fingerprint density at radius 3 is 2.59 bits per heavy atom. The maximum Gasteiger partial charge on any atom is 0.240 e. The van der Waals surface area contributed by atoms with Gasteiger partial charge in [0.1, 0.15) is 5.60 Å². The number of hydrogen-bond acceptors (Lipinski definition) is 4. The number of benzene rings is 2. The number of fused-ring (bicyclic) bond motifs is 2. The summed E-state index contributed by atoms with van der Waals surface area (Å²) in [5.41, 5.74) is 1.10. The summed E-state index contributed by atoms with van der Waals surface area (Å²) in [6.07, 6.45) is 4.21. The summed E-state index contributed by atoms with van der Waals surface area (Å²) >= 11 is 1.48. The van der Waals surface area contributed by atoms with Crippen molar-refractivity contribution in [2.75, 3.05) is 6.54 Å². The van der Waals surface area contributed by atoms with Gasteiger partial charge in [0.25, 0.3) is 0 Å². The van der Waals surface area contributed by atoms with Crippen molar-refractivity contribution in [2.24, 2.45) is 0 Å². The van der Waals surface area contributed by atoms with Gasteiger partial charge in [-0.2, -0.15) is 0 Å². The predicted octanol–water partition coefficient (Wildman–Crippen LogP) is 3.97. The van der Waals surface area contributed by atoms with Crippen molar-refractivity contribution in [3.63, 3.8) is 0 Å². The van der Waals surface area contributed by atoms with E-state index in [1.54, 1.807) is 19.1 Å². The van der Waals surface area contributed by atoms with Gasteiger partial charge in [0.15, 0.2) is 0 Å². The fourth-order valence-electron chi connectivity index (χ4n) is 3.53. The Balaban J connectivity index is 1.54. The van der Waals surface area contributed by atoms with Gasteiger partial charge in [-0.3, -0.25) is 0 Å². The van der Waals surface area contributed by atoms with Crippen molar-refractivity contribution in [3.8, 4) is 0 Å². The first-order chi connectivity index (χ1) is 12.9. The van der Waals surface area contributed by atoms with Crippen molar-refractivity contribution in [2.45, 2.75) is 43.1 Å². The van der Waals surface area contributed by atoms with E-state index in [1.165, 1.54) is 16.9 Å². The van der Waals surface area contributed by atoms with E-state index in [2.05, 4.69) is 4.72 Å². The van der Waals surface area contributed by atoms with Crippen LogP contribution in [0.3, 0.4) is 0 Å². The molecule has 4 nitrogen and oxygen atoms in total. The lowest BCUT2D eigenvalue weighted by molar-refractivity contribution is 0.0666. The molecular weight excluding hydrogens is 378 g/mol. The maximum atomic E-state index is 12.7. The molecule has 0 unspecified atom stereocenters. The van der Waals surface area contributed by atoms with Gasteiger partial charge >= 0.3 is 0 Å². The molecule has 0 spiro atoms. The molecule has 0 radical (unpaired) electrons. The van der Waals surface area contributed by atoms with Crippen LogP contribution < -0.4 is 4.72 Å². The summed E-state index contributed by atoms with van der Waals surface area (Å²) in [5, 5.41) is 11.9. The van der Waals surface area contributed by atoms with E-state index in [0.717, 1.165) is 46.2 Å². The summed E-state index contributed by atoms with van der Waals surface area (Å²) in [7, 11) is -3.67. The second kappa shape index (κ2) is 7.02. The molecule has 0 saturated heterocycles. The van der Waals surface area contributed by atoms with Gasteiger partial charge in [0, 0.05) is 16.1 Å². The molecule has 1 aliphatic carbocycles. The molecule has 1 heterocycles. The van der Waals surface area contributed by atoms with Crippen LogP contribution in [0.5, 0.6) is 0 Å². The highest BCUT2D eigenvalue weighted by Crippen LogP contribution is 2.33. The molecule has 142 valence electrons. The van der Waals surface area contributed by atoms with E-state index in [1.807, 2.05) is 36.4 Å². The summed E-state index contributed by atoms with van der Waals surface area (Å²) in [4.78, 5) is 1.02. The normalized spacial score (nSPS) is 16.8. The van der Waals surface area contributed by atoms with E-state index in [9.17, 15) is 13.5 Å². The summed E-state index contributed by atoms with van der Waals surface area (Å²) in [6, 6.07) is 15.2. The quantitative estimate of drug-likeness (QED) is 0.680. The van der Waals surface area contributed by atoms with Crippen molar-refractivity contribution in [1.29, 1.82) is 0 Å². The molecule has 27 heavy (non-hydrogen) atoms. The monoisotopic (exact) mass is 401 g/mol. The van der Waals surface area contributed by atoms with Gasteiger partial charge in [-0.1, -0.05) is 24.3 Å². The largest absolute Gasteiger partial charge is 0.383 e. The Morgan fingerprint density at radius 1 is 1.07 bits per heavy atom. The van der Waals surface area contributed by atoms with Crippen molar-refractivity contribution >= 4 is 31.4 Å². The van der Waals surface area contributed by atoms with Crippen molar-refractivity contribution in [3.05, 3.63) is 64.5 Å². The molecule has 0 aliphatic heterocycles. The summed E-state index contributed by atoms with van der Waals surface area (Å²) < 4.78 is 29.2. The standard InChI is InChI=1S/C21H23NO3S2/c1-21(23,20-13-17-8-4-5-9-19(17)26-20)14-22-27(24,25)18-11-10-15-6-2-3-7-16(15)12-18/h4-5,8-13,22-23H,2-3,6-7,14H2,1H3/t21-/m0/s1. The smallest absolute Gasteiger partial charge is 0.240 e. The fourth-order valence-corrected chi connectivity index (χ4v) is 5.82. The zero-order valence-electron chi connectivity index (χ0n) is 15.2. The number of sulfonamides is 1. The molecular formula is C21H23NO3S2. The molecule has 0 bridgehead atoms. The van der Waals surface area contributed by atoms with Gasteiger partial charge in [-0.25, -0.2) is 13.1 Å². The van der Waals surface area contributed by atoms with E-state index in [0.29, 0.717) is 0 Å². The van der Waals surface area contributed by atoms with E-state index in [-0.39, 0.29) is 11.4 Å². The average Bonchev–Trinajstić information content (AvgIpc) is 3.11. The van der Waals surface area contributed by atoms with Crippen LogP contribution in [0, 0.1) is 0 Å². The number of hydrogen-bond donors (Lipinski definition) is 2. The molecule has 1 aromatic heterocycles. The maximum absolute atomic E-state index is 12.7. The Bertz CT molecular complexity index is 1050. The zero-order chi connectivity index (χ0) is 19.1. The highest BCUT2D eigenvalue weighted by Gasteiger charge is 2.28. The Kier molecular flexibility index (Phi) is 4.84. The van der Waals surface area contributed by atoms with Crippen LogP contribution in [0.4, 0.5) is 0 Å². The number of aryl methyl sites for hydroxylation is 2. The van der Waals surface area contributed by atoms with Crippen molar-refractivity contribution in [1.82, 2.24) is 4.72 Å². The number of nitrogens with one attached hydrogen (secondary N) is 1. The average molecular weight is 402 g/mol. The van der Waals surface area contributed by atoms with E-state index >= 15 is 0 Å². The van der Waals surface area contributed by atoms with Crippen LogP contribution in [0.25, 0.3) is 10.1 Å². The second-order valence-corrected chi connectivity index (χ2v) is 10.2. The Hall–Kier alpha value is -1.73. The molecule has 0 saturated carbocycles. The van der Waals surface area contributed by atoms with Gasteiger partial charge in [0.05, 0.1) is 4.90 Å². The first-order valence-electron chi connectivity index (χ1n) is 9.18. The lowest BCUT2D eigenvalue weighted by Crippen LogP contribution is -2.38. The van der Waals surface area contributed by atoms with Gasteiger partial charge in [0.2, 0.25) is 10.0 Å². The van der Waals surface area contributed by atoms with Crippen molar-refractivity contribution < 1.29 is 13.5 Å². The third-order valence-corrected chi connectivity index (χ3v) is 7.96. The SMILES string of the molecule is C[C@](O)(CNS(=O)(=O)c1ccc2c(c1)CCCC2)c1cc2ccccc2s1. The zero-order valence-corrected chi connectivity index (χ0v) is 16.9. The minimum Gasteiger partial charge on any atom is -0.383 e. The highest BCUT2D eigenvalue weighted by molar-refractivity contribution is 7.89. The molecule has 0 fully saturated rings. The molecule has 1 aliphatic rings. The lowest BCUT2D eigenvalue weighted by atomic mass is 9.92. The number of rotatable bonds is 5. The number of thiophene rings is 1. The van der Waals surface area contributed by atoms with E-state index < -0.39 is 15.6 Å². The van der Waals surface area contributed by atoms with E-state index in [4.69, 9.17) is 0 Å². The predicted molar refractivity (Wildman–Crippen MR) is 110 cm³/mol. The van der Waals surface area contributed by atoms with Gasteiger partial charge in [-0.15, -0.1) is 11.3 Å². The van der Waals surface area contributed by atoms with Gasteiger partial charge in [-0.05, 0) is 73.4 Å². The Morgan fingerprint density at radius 2 is 1.81 bits per heavy atom. The topological polar surface area (TPSA) is 66.4 Å². The van der Waals surface area contributed by atoms with Crippen LogP contribution in [-0.4, -0.2) is 20.1 Å². The second-order valence-electron chi connectivity index (χ2n) is 7.38. The molecule has 6 heteroatoms. The lowest BCUT2D eigenvalue weighted by Gasteiger charge is -2.23. The molecule has 2 aromatic carbocycles. The highest BCUT2D eigenvalue weighted by atomic mass is 32.2. The molecule has 3 aromatic rings. The molecule has 0 amide bonds.